The highest BCUT2D eigenvalue weighted by atomic mass is 35.5. The van der Waals surface area contributed by atoms with Gasteiger partial charge in [0.25, 0.3) is 0 Å². The number of amides is 2. The Balaban J connectivity index is 0.000000432. The molecule has 2 fully saturated rings. The number of hydrogen-bond acceptors (Lipinski definition) is 10. The van der Waals surface area contributed by atoms with Gasteiger partial charge >= 0.3 is 12.2 Å². The number of carboxylic acid groups (broad SMARTS) is 1. The number of benzene rings is 2. The lowest BCUT2D eigenvalue weighted by molar-refractivity contribution is -0.117. The van der Waals surface area contributed by atoms with Crippen molar-refractivity contribution < 1.29 is 42.5 Å². The number of piperazine rings is 2. The largest absolute Gasteiger partial charge is 0.465 e. The third-order valence-electron chi connectivity index (χ3n) is 16.9. The summed E-state index contributed by atoms with van der Waals surface area (Å²) in [5, 5.41) is 19.3. The Bertz CT molecular complexity index is 2850. The lowest BCUT2D eigenvalue weighted by Gasteiger charge is -2.38. The number of hydrogen-bond donors (Lipinski definition) is 2. The smallest absolute Gasteiger partial charge is 0.410 e. The standard InChI is InChI=1S/C26H32F3N5O2.C19H31N3O2.C9H11Cl.C9H18O.C7H16O/c1-6-26(5,16(2)3)36-25(35)33-9-7-32(8-10-33)23-22-17(4)14-34(24(22)31-15-30-23)18-11-20(28)19(13-27)21(29)12-18;1-7-14(4)17(8-2)18(15(5)20-9-3)16(6)21-10-12-22(13-11-21)19(23)24;1-2-4-8-5-3-6-9(10)7-8;1-4-8(2)6-5-7-9(3)10;1-3-4-5-7(2)6-8/h11-12,14-16H,6-10,13H2,1-5H3;8-9,14H,3,7,10-13H2,1-2,4-6H3,(H,23,24);3,5-7H,2,4H2,1H3;8H,4-7H2,1-3H3;7-8H,3-6H2,1-2H3/b;17-8-,18-16-,20-15?;;;/t;;;;7-/m....1/s1. The van der Waals surface area contributed by atoms with E-state index < -0.39 is 35.6 Å². The second kappa shape index (κ2) is 40.4. The minimum atomic E-state index is -1.22. The number of aliphatic imine (C=N–C) groups is 1. The number of alkyl halides is 1. The second-order valence-corrected chi connectivity index (χ2v) is 24.3. The molecule has 18 heteroatoms. The van der Waals surface area contributed by atoms with Gasteiger partial charge in [-0.25, -0.2) is 32.7 Å². The van der Waals surface area contributed by atoms with E-state index in [-0.39, 0.29) is 17.7 Å². The van der Waals surface area contributed by atoms with E-state index in [9.17, 15) is 27.6 Å². The number of aryl methyl sites for hydroxylation is 2. The fraction of sp³-hybridized carbons (Fsp3) is 0.600. The van der Waals surface area contributed by atoms with Crippen molar-refractivity contribution in [2.24, 2.45) is 28.7 Å². The number of Topliss-reactive ketones (excluding diaryl/α,β-unsaturated/α-hetero) is 1. The van der Waals surface area contributed by atoms with Crippen LogP contribution >= 0.6 is 11.6 Å². The number of carbonyl (C=O) groups excluding carboxylic acids is 2. The van der Waals surface area contributed by atoms with Crippen LogP contribution in [0.1, 0.15) is 185 Å². The van der Waals surface area contributed by atoms with Gasteiger partial charge in [0.1, 0.15) is 47.5 Å². The Kier molecular flexibility index (Phi) is 35.8. The number of allylic oxidation sites excluding steroid dienone is 4. The van der Waals surface area contributed by atoms with Crippen LogP contribution in [0.25, 0.3) is 16.7 Å². The monoisotopic (exact) mass is 1250 g/mol. The zero-order valence-electron chi connectivity index (χ0n) is 56.3. The van der Waals surface area contributed by atoms with Gasteiger partial charge in [0.05, 0.1) is 16.6 Å². The number of halogens is 4. The summed E-state index contributed by atoms with van der Waals surface area (Å²) >= 11 is 5.78. The highest BCUT2D eigenvalue weighted by Crippen LogP contribution is 2.33. The number of ether oxygens (including phenoxy) is 1. The molecule has 0 saturated carbocycles. The molecule has 88 heavy (non-hydrogen) atoms. The zero-order chi connectivity index (χ0) is 66.3. The molecule has 6 rings (SSSR count). The third-order valence-corrected chi connectivity index (χ3v) is 17.1. The van der Waals surface area contributed by atoms with Gasteiger partial charge in [-0.2, -0.15) is 0 Å². The highest BCUT2D eigenvalue weighted by molar-refractivity contribution is 6.30. The first kappa shape index (κ1) is 77.9. The van der Waals surface area contributed by atoms with Crippen molar-refractivity contribution in [3.8, 4) is 5.69 Å². The third kappa shape index (κ3) is 24.6. The zero-order valence-corrected chi connectivity index (χ0v) is 57.0. The lowest BCUT2D eigenvalue weighted by Crippen LogP contribution is -2.51. The molecule has 3 unspecified atom stereocenters. The SMILES string of the molecule is C=CN=C(C)C(/C(=C\C)C(C)CC)=C(\C)N1CCN(C(=O)O)CC1.CCC(C)(OC(=O)N1CCN(c2ncnc3c2c(C)cn3-c2cc(F)c(CF)c(F)c2)CC1)C(C)C.CCC(C)CCCC(C)=O.CCCC[C@@H](C)CO.CCCc1cccc(Cl)c1. The molecule has 492 valence electrons. The highest BCUT2D eigenvalue weighted by Gasteiger charge is 2.34. The molecule has 0 radical (unpaired) electrons. The van der Waals surface area contributed by atoms with Gasteiger partial charge in [0.15, 0.2) is 0 Å². The fourth-order valence-electron chi connectivity index (χ4n) is 10.2. The average molecular weight is 1250 g/mol. The van der Waals surface area contributed by atoms with Gasteiger partial charge < -0.3 is 43.9 Å². The molecule has 0 bridgehead atoms. The molecular formula is C70H108ClF3N8O6. The van der Waals surface area contributed by atoms with E-state index in [4.69, 9.17) is 26.6 Å². The molecule has 0 spiro atoms. The van der Waals surface area contributed by atoms with E-state index in [1.807, 2.05) is 59.7 Å². The molecule has 2 aromatic carbocycles. The summed E-state index contributed by atoms with van der Waals surface area (Å²) in [5.74, 6) is 1.06. The molecule has 2 aliphatic rings. The van der Waals surface area contributed by atoms with Crippen LogP contribution in [0.5, 0.6) is 0 Å². The summed E-state index contributed by atoms with van der Waals surface area (Å²) in [6.07, 6.45) is 17.8. The molecular weight excluding hydrogens is 1140 g/mol. The molecule has 2 amide bonds. The maximum atomic E-state index is 14.3. The topological polar surface area (TPSA) is 157 Å². The summed E-state index contributed by atoms with van der Waals surface area (Å²) in [6, 6.07) is 10.2. The van der Waals surface area contributed by atoms with Crippen molar-refractivity contribution >= 4 is 52.1 Å². The first-order valence-electron chi connectivity index (χ1n) is 32.0. The van der Waals surface area contributed by atoms with Crippen molar-refractivity contribution in [2.45, 2.75) is 194 Å². The first-order valence-corrected chi connectivity index (χ1v) is 32.3. The number of aliphatic hydroxyl groups excluding tert-OH is 1. The average Bonchev–Trinajstić information content (AvgIpc) is 2.40. The molecule has 14 nitrogen and oxygen atoms in total. The molecule has 2 saturated heterocycles. The molecule has 2 aliphatic heterocycles. The van der Waals surface area contributed by atoms with E-state index in [1.165, 1.54) is 60.9 Å². The van der Waals surface area contributed by atoms with Gasteiger partial charge in [0.2, 0.25) is 0 Å². The van der Waals surface area contributed by atoms with E-state index in [0.717, 1.165) is 83.1 Å². The Hall–Kier alpha value is -6.20. The van der Waals surface area contributed by atoms with Crippen molar-refractivity contribution in [3.63, 3.8) is 0 Å². The second-order valence-electron chi connectivity index (χ2n) is 23.8. The summed E-state index contributed by atoms with van der Waals surface area (Å²) < 4.78 is 48.9. The molecule has 4 atom stereocenters. The maximum absolute atomic E-state index is 14.3. The van der Waals surface area contributed by atoms with Gasteiger partial charge in [0, 0.05) is 99.8 Å². The van der Waals surface area contributed by atoms with Gasteiger partial charge in [-0.05, 0) is 138 Å². The number of anilines is 1. The normalized spacial score (nSPS) is 15.6. The molecule has 4 heterocycles. The number of ketones is 1. The Morgan fingerprint density at radius 3 is 1.93 bits per heavy atom. The van der Waals surface area contributed by atoms with E-state index in [0.29, 0.717) is 88.0 Å². The van der Waals surface area contributed by atoms with E-state index >= 15 is 0 Å². The van der Waals surface area contributed by atoms with Crippen LogP contribution < -0.4 is 4.90 Å². The van der Waals surface area contributed by atoms with Crippen LogP contribution in [-0.4, -0.2) is 128 Å². The van der Waals surface area contributed by atoms with E-state index in [2.05, 4.69) is 106 Å². The Morgan fingerprint density at radius 1 is 0.841 bits per heavy atom. The molecule has 0 aliphatic carbocycles. The number of unbranched alkanes of at least 4 members (excludes halogenated alkanes) is 1. The van der Waals surface area contributed by atoms with Crippen LogP contribution in [0.15, 0.2) is 89.6 Å². The quantitative estimate of drug-likeness (QED) is 0.0541. The number of carbonyl (C=O) groups is 3. The number of rotatable bonds is 23. The van der Waals surface area contributed by atoms with Crippen molar-refractivity contribution in [3.05, 3.63) is 118 Å². The maximum Gasteiger partial charge on any atom is 0.410 e. The van der Waals surface area contributed by atoms with E-state index in [1.54, 1.807) is 28.8 Å². The molecule has 4 aromatic rings. The number of aliphatic hydroxyl groups is 1. The van der Waals surface area contributed by atoms with Crippen LogP contribution in [0.2, 0.25) is 5.02 Å². The summed E-state index contributed by atoms with van der Waals surface area (Å²) in [4.78, 5) is 55.2. The van der Waals surface area contributed by atoms with Crippen LogP contribution in [-0.2, 0) is 22.6 Å². The number of aromatic nitrogens is 3. The van der Waals surface area contributed by atoms with Crippen LogP contribution in [0, 0.1) is 42.2 Å². The lowest BCUT2D eigenvalue weighted by atomic mass is 9.87. The van der Waals surface area contributed by atoms with Crippen LogP contribution in [0.3, 0.4) is 0 Å². The Morgan fingerprint density at radius 2 is 1.44 bits per heavy atom. The fourth-order valence-corrected chi connectivity index (χ4v) is 10.4. The molecule has 2 aromatic heterocycles. The summed E-state index contributed by atoms with van der Waals surface area (Å²) in [6.45, 7) is 40.4. The van der Waals surface area contributed by atoms with Gasteiger partial charge in [-0.3, -0.25) is 4.99 Å². The minimum absolute atomic E-state index is 0.198. The van der Waals surface area contributed by atoms with Crippen LogP contribution in [0.4, 0.5) is 28.6 Å². The first-order chi connectivity index (χ1) is 41.8. The number of fused-ring (bicyclic) bond motifs is 1. The predicted octanol–water partition coefficient (Wildman–Crippen LogP) is 17.6. The minimum Gasteiger partial charge on any atom is -0.465 e. The molecule has 2 N–H and O–H groups in total. The van der Waals surface area contributed by atoms with Crippen molar-refractivity contribution in [1.29, 1.82) is 0 Å². The van der Waals surface area contributed by atoms with Gasteiger partial charge in [-0.15, -0.1) is 0 Å². The predicted molar refractivity (Wildman–Crippen MR) is 358 cm³/mol. The summed E-state index contributed by atoms with van der Waals surface area (Å²) in [5.41, 5.74) is 6.31. The summed E-state index contributed by atoms with van der Waals surface area (Å²) in [7, 11) is 0. The van der Waals surface area contributed by atoms with Crippen molar-refractivity contribution in [1.82, 2.24) is 29.2 Å². The van der Waals surface area contributed by atoms with Gasteiger partial charge in [-0.1, -0.05) is 138 Å². The van der Waals surface area contributed by atoms with Crippen molar-refractivity contribution in [2.75, 3.05) is 63.9 Å². The Labute approximate surface area is 531 Å². The number of nitrogens with zero attached hydrogens (tertiary/aromatic N) is 8.